The molecular weight excluding hydrogens is 316 g/mol. The molecule has 6 heteroatoms. The minimum atomic E-state index is -0.279. The highest BCUT2D eigenvalue weighted by molar-refractivity contribution is 5.82. The average Bonchev–Trinajstić information content (AvgIpc) is 3.29. The standard InChI is InChI=1S/C19H24N4O2/c1-12(17-22-19(25-23-17)13-7-3-2-4-8-13)20-18(24)16-11-14-9-5-6-10-15(14)21-16/h2-4,7-8,12,14-16,21H,5-6,9-11H2,1H3,(H,20,24). The first-order valence-electron chi connectivity index (χ1n) is 9.16. The van der Waals surface area contributed by atoms with Crippen molar-refractivity contribution >= 4 is 5.91 Å². The zero-order valence-corrected chi connectivity index (χ0v) is 14.4. The Balaban J connectivity index is 1.38. The molecule has 4 unspecified atom stereocenters. The number of rotatable bonds is 4. The van der Waals surface area contributed by atoms with Gasteiger partial charge in [0.1, 0.15) is 0 Å². The van der Waals surface area contributed by atoms with Gasteiger partial charge in [-0.3, -0.25) is 4.79 Å². The molecule has 1 aliphatic heterocycles. The van der Waals surface area contributed by atoms with E-state index in [1.165, 1.54) is 25.7 Å². The van der Waals surface area contributed by atoms with Crippen LogP contribution in [-0.2, 0) is 4.79 Å². The van der Waals surface area contributed by atoms with E-state index in [1.807, 2.05) is 37.3 Å². The summed E-state index contributed by atoms with van der Waals surface area (Å²) in [5.41, 5.74) is 0.876. The molecule has 4 atom stereocenters. The summed E-state index contributed by atoms with van der Waals surface area (Å²) in [7, 11) is 0. The summed E-state index contributed by atoms with van der Waals surface area (Å²) >= 11 is 0. The second-order valence-electron chi connectivity index (χ2n) is 7.16. The smallest absolute Gasteiger partial charge is 0.257 e. The summed E-state index contributed by atoms with van der Waals surface area (Å²) in [5.74, 6) is 1.66. The van der Waals surface area contributed by atoms with Gasteiger partial charge in [-0.2, -0.15) is 4.98 Å². The van der Waals surface area contributed by atoms with Gasteiger partial charge in [-0.25, -0.2) is 0 Å². The molecule has 6 nitrogen and oxygen atoms in total. The zero-order chi connectivity index (χ0) is 17.2. The first-order chi connectivity index (χ1) is 12.2. The van der Waals surface area contributed by atoms with E-state index >= 15 is 0 Å². The number of hydrogen-bond acceptors (Lipinski definition) is 5. The Morgan fingerprint density at radius 2 is 2.08 bits per heavy atom. The third-order valence-electron chi connectivity index (χ3n) is 5.39. The molecule has 2 heterocycles. The molecule has 4 rings (SSSR count). The Morgan fingerprint density at radius 1 is 1.28 bits per heavy atom. The molecule has 2 aromatic rings. The topological polar surface area (TPSA) is 80.0 Å². The molecule has 2 aliphatic rings. The van der Waals surface area contributed by atoms with Crippen molar-refractivity contribution in [3.63, 3.8) is 0 Å². The molecule has 1 aliphatic carbocycles. The number of benzene rings is 1. The number of fused-ring (bicyclic) bond motifs is 1. The predicted octanol–water partition coefficient (Wildman–Crippen LogP) is 2.83. The van der Waals surface area contributed by atoms with Gasteiger partial charge in [-0.05, 0) is 44.2 Å². The maximum Gasteiger partial charge on any atom is 0.257 e. The Hall–Kier alpha value is -2.21. The van der Waals surface area contributed by atoms with Crippen LogP contribution < -0.4 is 10.6 Å². The predicted molar refractivity (Wildman–Crippen MR) is 93.6 cm³/mol. The highest BCUT2D eigenvalue weighted by atomic mass is 16.5. The number of hydrogen-bond donors (Lipinski definition) is 2. The van der Waals surface area contributed by atoms with Crippen molar-refractivity contribution in [2.24, 2.45) is 5.92 Å². The summed E-state index contributed by atoms with van der Waals surface area (Å²) < 4.78 is 5.33. The second-order valence-corrected chi connectivity index (χ2v) is 7.16. The number of nitrogens with one attached hydrogen (secondary N) is 2. The summed E-state index contributed by atoms with van der Waals surface area (Å²) in [6.07, 6.45) is 5.92. The Bertz CT molecular complexity index is 716. The lowest BCUT2D eigenvalue weighted by molar-refractivity contribution is -0.123. The van der Waals surface area contributed by atoms with Gasteiger partial charge in [0.05, 0.1) is 12.1 Å². The van der Waals surface area contributed by atoms with Gasteiger partial charge < -0.3 is 15.2 Å². The SMILES string of the molecule is CC(NC(=O)C1CC2CCCCC2N1)c1noc(-c2ccccc2)n1. The van der Waals surface area contributed by atoms with Crippen molar-refractivity contribution in [2.75, 3.05) is 0 Å². The van der Waals surface area contributed by atoms with Crippen LogP contribution in [0.15, 0.2) is 34.9 Å². The fourth-order valence-corrected chi connectivity index (χ4v) is 4.01. The summed E-state index contributed by atoms with van der Waals surface area (Å²) in [4.78, 5) is 17.0. The molecule has 1 saturated carbocycles. The van der Waals surface area contributed by atoms with E-state index in [9.17, 15) is 4.79 Å². The van der Waals surface area contributed by atoms with E-state index < -0.39 is 0 Å². The molecule has 25 heavy (non-hydrogen) atoms. The summed E-state index contributed by atoms with van der Waals surface area (Å²) in [6.45, 7) is 1.89. The molecule has 0 spiro atoms. The normalized spacial score (nSPS) is 26.8. The maximum atomic E-state index is 12.6. The largest absolute Gasteiger partial charge is 0.345 e. The van der Waals surface area contributed by atoms with Crippen molar-refractivity contribution in [3.05, 3.63) is 36.2 Å². The van der Waals surface area contributed by atoms with Crippen LogP contribution in [0, 0.1) is 5.92 Å². The summed E-state index contributed by atoms with van der Waals surface area (Å²) in [6, 6.07) is 9.76. The number of carbonyl (C=O) groups excluding carboxylic acids is 1. The van der Waals surface area contributed by atoms with Gasteiger partial charge in [0.2, 0.25) is 5.91 Å². The van der Waals surface area contributed by atoms with Gasteiger partial charge in [0.15, 0.2) is 5.82 Å². The molecule has 2 fully saturated rings. The van der Waals surface area contributed by atoms with Crippen LogP contribution in [-0.4, -0.2) is 28.1 Å². The van der Waals surface area contributed by atoms with Crippen LogP contribution in [0.2, 0.25) is 0 Å². The number of amides is 1. The van der Waals surface area contributed by atoms with E-state index in [0.29, 0.717) is 23.7 Å². The van der Waals surface area contributed by atoms with Crippen LogP contribution in [0.1, 0.15) is 50.9 Å². The van der Waals surface area contributed by atoms with Crippen molar-refractivity contribution in [3.8, 4) is 11.5 Å². The van der Waals surface area contributed by atoms with Crippen molar-refractivity contribution in [1.29, 1.82) is 0 Å². The van der Waals surface area contributed by atoms with E-state index in [1.54, 1.807) is 0 Å². The lowest BCUT2D eigenvalue weighted by Gasteiger charge is -2.24. The lowest BCUT2D eigenvalue weighted by atomic mass is 9.85. The van der Waals surface area contributed by atoms with Gasteiger partial charge >= 0.3 is 0 Å². The maximum absolute atomic E-state index is 12.6. The molecule has 1 saturated heterocycles. The minimum absolute atomic E-state index is 0.0351. The van der Waals surface area contributed by atoms with Crippen molar-refractivity contribution in [1.82, 2.24) is 20.8 Å². The first-order valence-corrected chi connectivity index (χ1v) is 9.16. The first kappa shape index (κ1) is 16.3. The van der Waals surface area contributed by atoms with E-state index in [0.717, 1.165) is 12.0 Å². The van der Waals surface area contributed by atoms with Gasteiger partial charge in [-0.1, -0.05) is 36.2 Å². The lowest BCUT2D eigenvalue weighted by Crippen LogP contribution is -2.44. The van der Waals surface area contributed by atoms with E-state index in [2.05, 4.69) is 20.8 Å². The number of carbonyl (C=O) groups is 1. The molecule has 0 radical (unpaired) electrons. The van der Waals surface area contributed by atoms with Crippen LogP contribution >= 0.6 is 0 Å². The molecule has 1 aromatic heterocycles. The highest BCUT2D eigenvalue weighted by Gasteiger charge is 2.38. The molecule has 132 valence electrons. The summed E-state index contributed by atoms with van der Waals surface area (Å²) in [5, 5.41) is 10.6. The second kappa shape index (κ2) is 6.96. The van der Waals surface area contributed by atoms with E-state index in [-0.39, 0.29) is 18.0 Å². The van der Waals surface area contributed by atoms with E-state index in [4.69, 9.17) is 4.52 Å². The van der Waals surface area contributed by atoms with Gasteiger partial charge in [0, 0.05) is 11.6 Å². The molecule has 1 amide bonds. The van der Waals surface area contributed by atoms with Crippen LogP contribution in [0.3, 0.4) is 0 Å². The Labute approximate surface area is 147 Å². The molecular formula is C19H24N4O2. The zero-order valence-electron chi connectivity index (χ0n) is 14.4. The highest BCUT2D eigenvalue weighted by Crippen LogP contribution is 2.33. The molecule has 2 N–H and O–H groups in total. The fraction of sp³-hybridized carbons (Fsp3) is 0.526. The van der Waals surface area contributed by atoms with Gasteiger partial charge in [0.25, 0.3) is 5.89 Å². The molecule has 1 aromatic carbocycles. The Kier molecular flexibility index (Phi) is 4.53. The quantitative estimate of drug-likeness (QED) is 0.894. The number of aromatic nitrogens is 2. The fourth-order valence-electron chi connectivity index (χ4n) is 4.01. The third kappa shape index (κ3) is 3.44. The third-order valence-corrected chi connectivity index (χ3v) is 5.39. The number of nitrogens with zero attached hydrogens (tertiary/aromatic N) is 2. The van der Waals surface area contributed by atoms with Gasteiger partial charge in [-0.15, -0.1) is 0 Å². The minimum Gasteiger partial charge on any atom is -0.345 e. The van der Waals surface area contributed by atoms with Crippen molar-refractivity contribution in [2.45, 2.75) is 57.2 Å². The van der Waals surface area contributed by atoms with Crippen LogP contribution in [0.5, 0.6) is 0 Å². The monoisotopic (exact) mass is 340 g/mol. The van der Waals surface area contributed by atoms with Crippen LogP contribution in [0.25, 0.3) is 11.5 Å². The molecule has 0 bridgehead atoms. The van der Waals surface area contributed by atoms with Crippen LogP contribution in [0.4, 0.5) is 0 Å². The Morgan fingerprint density at radius 3 is 2.88 bits per heavy atom. The van der Waals surface area contributed by atoms with Crippen molar-refractivity contribution < 1.29 is 9.32 Å². The average molecular weight is 340 g/mol.